The van der Waals surface area contributed by atoms with E-state index in [1.54, 1.807) is 12.1 Å². The molecule has 0 saturated carbocycles. The van der Waals surface area contributed by atoms with Gasteiger partial charge in [0.05, 0.1) is 16.6 Å². The third kappa shape index (κ3) is 2.48. The van der Waals surface area contributed by atoms with Crippen molar-refractivity contribution < 1.29 is 9.66 Å². The summed E-state index contributed by atoms with van der Waals surface area (Å²) in [5.41, 5.74) is 6.19. The second kappa shape index (κ2) is 5.22. The maximum Gasteiger partial charge on any atom is 0.274 e. The molecule has 1 fully saturated rings. The Kier molecular flexibility index (Phi) is 3.85. The van der Waals surface area contributed by atoms with Crippen LogP contribution in [-0.2, 0) is 11.2 Å². The van der Waals surface area contributed by atoms with Crippen molar-refractivity contribution in [2.75, 3.05) is 19.8 Å². The molecule has 0 bridgehead atoms. The first-order valence-corrected chi connectivity index (χ1v) is 6.15. The van der Waals surface area contributed by atoms with E-state index in [2.05, 4.69) is 0 Å². The quantitative estimate of drug-likeness (QED) is 0.672. The van der Waals surface area contributed by atoms with Crippen molar-refractivity contribution in [3.05, 3.63) is 38.9 Å². The van der Waals surface area contributed by atoms with Gasteiger partial charge >= 0.3 is 0 Å². The zero-order valence-corrected chi connectivity index (χ0v) is 10.7. The molecular formula is C12H15ClN2O3. The van der Waals surface area contributed by atoms with Crippen molar-refractivity contribution >= 4 is 17.3 Å². The van der Waals surface area contributed by atoms with Crippen LogP contribution in [0.5, 0.6) is 0 Å². The number of rotatable bonds is 4. The van der Waals surface area contributed by atoms with Crippen molar-refractivity contribution in [1.82, 2.24) is 0 Å². The molecule has 1 saturated heterocycles. The number of nitrogens with zero attached hydrogens (tertiary/aromatic N) is 1. The van der Waals surface area contributed by atoms with Crippen LogP contribution in [0.2, 0.25) is 5.02 Å². The molecule has 0 aliphatic carbocycles. The molecule has 0 aromatic heterocycles. The van der Waals surface area contributed by atoms with E-state index in [-0.39, 0.29) is 11.1 Å². The summed E-state index contributed by atoms with van der Waals surface area (Å²) in [6.45, 7) is 1.62. The third-order valence-electron chi connectivity index (χ3n) is 3.46. The third-order valence-corrected chi connectivity index (χ3v) is 3.81. The molecule has 98 valence electrons. The number of halogens is 1. The van der Waals surface area contributed by atoms with Gasteiger partial charge in [-0.05, 0) is 18.9 Å². The zero-order valence-electron chi connectivity index (χ0n) is 9.89. The van der Waals surface area contributed by atoms with Crippen molar-refractivity contribution in [3.63, 3.8) is 0 Å². The van der Waals surface area contributed by atoms with Gasteiger partial charge in [0.1, 0.15) is 0 Å². The summed E-state index contributed by atoms with van der Waals surface area (Å²) in [6, 6.07) is 4.73. The van der Waals surface area contributed by atoms with Gasteiger partial charge in [-0.1, -0.05) is 17.7 Å². The first-order chi connectivity index (χ1) is 8.58. The van der Waals surface area contributed by atoms with Gasteiger partial charge in [-0.2, -0.15) is 0 Å². The lowest BCUT2D eigenvalue weighted by molar-refractivity contribution is -0.385. The fraction of sp³-hybridized carbons (Fsp3) is 0.500. The van der Waals surface area contributed by atoms with Gasteiger partial charge in [-0.15, -0.1) is 0 Å². The van der Waals surface area contributed by atoms with Crippen LogP contribution in [0.15, 0.2) is 18.2 Å². The Morgan fingerprint density at radius 3 is 2.89 bits per heavy atom. The van der Waals surface area contributed by atoms with Gasteiger partial charge in [-0.25, -0.2) is 0 Å². The summed E-state index contributed by atoms with van der Waals surface area (Å²) >= 11 is 6.08. The number of nitro benzene ring substituents is 1. The summed E-state index contributed by atoms with van der Waals surface area (Å²) < 4.78 is 5.37. The predicted molar refractivity (Wildman–Crippen MR) is 68.7 cm³/mol. The number of nitrogens with two attached hydrogens (primary N) is 1. The lowest BCUT2D eigenvalue weighted by Gasteiger charge is -2.25. The maximum absolute atomic E-state index is 11.0. The van der Waals surface area contributed by atoms with E-state index >= 15 is 0 Å². The Bertz CT molecular complexity index is 459. The molecule has 2 rings (SSSR count). The molecule has 0 radical (unpaired) electrons. The molecule has 18 heavy (non-hydrogen) atoms. The van der Waals surface area contributed by atoms with Crippen molar-refractivity contribution in [2.24, 2.45) is 11.1 Å². The van der Waals surface area contributed by atoms with Crippen molar-refractivity contribution in [3.8, 4) is 0 Å². The highest BCUT2D eigenvalue weighted by atomic mass is 35.5. The summed E-state index contributed by atoms with van der Waals surface area (Å²) in [4.78, 5) is 10.6. The van der Waals surface area contributed by atoms with Gasteiger partial charge < -0.3 is 10.5 Å². The summed E-state index contributed by atoms with van der Waals surface area (Å²) in [5, 5.41) is 11.4. The SMILES string of the molecule is NCC1(Cc2c(Cl)cccc2[N+](=O)[O-])CCOC1. The zero-order chi connectivity index (χ0) is 13.2. The Labute approximate surface area is 110 Å². The first kappa shape index (κ1) is 13.3. The van der Waals surface area contributed by atoms with E-state index in [4.69, 9.17) is 22.1 Å². The molecule has 1 aromatic carbocycles. The topological polar surface area (TPSA) is 78.4 Å². The molecule has 1 atom stereocenters. The highest BCUT2D eigenvalue weighted by Crippen LogP contribution is 2.37. The Balaban J connectivity index is 2.35. The second-order valence-corrected chi connectivity index (χ2v) is 5.09. The van der Waals surface area contributed by atoms with Crippen molar-refractivity contribution in [2.45, 2.75) is 12.8 Å². The normalized spacial score (nSPS) is 23.2. The number of hydrogen-bond donors (Lipinski definition) is 1. The van der Waals surface area contributed by atoms with Gasteiger partial charge in [0.15, 0.2) is 0 Å². The molecule has 1 aliphatic rings. The summed E-state index contributed by atoms with van der Waals surface area (Å²) in [5.74, 6) is 0. The average Bonchev–Trinajstić information content (AvgIpc) is 2.81. The van der Waals surface area contributed by atoms with E-state index in [0.717, 1.165) is 6.42 Å². The lowest BCUT2D eigenvalue weighted by atomic mass is 9.80. The Hall–Kier alpha value is -1.17. The second-order valence-electron chi connectivity index (χ2n) is 4.68. The lowest BCUT2D eigenvalue weighted by Crippen LogP contribution is -2.33. The summed E-state index contributed by atoms with van der Waals surface area (Å²) in [6.07, 6.45) is 1.30. The van der Waals surface area contributed by atoms with Crippen LogP contribution < -0.4 is 5.73 Å². The molecule has 1 aliphatic heterocycles. The maximum atomic E-state index is 11.0. The van der Waals surface area contributed by atoms with E-state index in [1.807, 2.05) is 0 Å². The minimum atomic E-state index is -0.402. The summed E-state index contributed by atoms with van der Waals surface area (Å²) in [7, 11) is 0. The molecule has 6 heteroatoms. The number of hydrogen-bond acceptors (Lipinski definition) is 4. The van der Waals surface area contributed by atoms with Crippen LogP contribution in [0.3, 0.4) is 0 Å². The largest absolute Gasteiger partial charge is 0.381 e. The molecule has 1 aromatic rings. The van der Waals surface area contributed by atoms with E-state index in [9.17, 15) is 10.1 Å². The molecule has 0 amide bonds. The van der Waals surface area contributed by atoms with Crippen LogP contribution >= 0.6 is 11.6 Å². The fourth-order valence-electron chi connectivity index (χ4n) is 2.29. The monoisotopic (exact) mass is 270 g/mol. The van der Waals surface area contributed by atoms with E-state index < -0.39 is 4.92 Å². The standard InChI is InChI=1S/C12H15ClN2O3/c13-10-2-1-3-11(15(16)17)9(10)6-12(7-14)4-5-18-8-12/h1-3H,4-8,14H2. The van der Waals surface area contributed by atoms with Crippen LogP contribution in [-0.4, -0.2) is 24.7 Å². The Morgan fingerprint density at radius 1 is 1.56 bits per heavy atom. The molecule has 1 unspecified atom stereocenters. The molecule has 5 nitrogen and oxygen atoms in total. The van der Waals surface area contributed by atoms with E-state index in [0.29, 0.717) is 36.8 Å². The highest BCUT2D eigenvalue weighted by Gasteiger charge is 2.36. The van der Waals surface area contributed by atoms with E-state index in [1.165, 1.54) is 6.07 Å². The van der Waals surface area contributed by atoms with Crippen molar-refractivity contribution in [1.29, 1.82) is 0 Å². The number of benzene rings is 1. The van der Waals surface area contributed by atoms with Gasteiger partial charge in [0.25, 0.3) is 5.69 Å². The molecule has 1 heterocycles. The highest BCUT2D eigenvalue weighted by molar-refractivity contribution is 6.31. The first-order valence-electron chi connectivity index (χ1n) is 5.78. The predicted octanol–water partition coefficient (Wildman–Crippen LogP) is 2.16. The minimum Gasteiger partial charge on any atom is -0.381 e. The average molecular weight is 271 g/mol. The van der Waals surface area contributed by atoms with Gasteiger partial charge in [0, 0.05) is 30.2 Å². The smallest absolute Gasteiger partial charge is 0.274 e. The van der Waals surface area contributed by atoms with Crippen LogP contribution in [0, 0.1) is 15.5 Å². The van der Waals surface area contributed by atoms with Crippen LogP contribution in [0.1, 0.15) is 12.0 Å². The van der Waals surface area contributed by atoms with Crippen LogP contribution in [0.25, 0.3) is 0 Å². The molecular weight excluding hydrogens is 256 g/mol. The van der Waals surface area contributed by atoms with Crippen LogP contribution in [0.4, 0.5) is 5.69 Å². The number of nitro groups is 1. The minimum absolute atomic E-state index is 0.0576. The van der Waals surface area contributed by atoms with Gasteiger partial charge in [-0.3, -0.25) is 10.1 Å². The fourth-order valence-corrected chi connectivity index (χ4v) is 2.53. The van der Waals surface area contributed by atoms with Gasteiger partial charge in [0.2, 0.25) is 0 Å². The molecule has 0 spiro atoms. The Morgan fingerprint density at radius 2 is 2.33 bits per heavy atom. The molecule has 2 N–H and O–H groups in total. The number of ether oxygens (including phenoxy) is 1.